The molecule has 0 aliphatic rings. The number of hydrogen-bond acceptors (Lipinski definition) is 2. The average molecular weight is 239 g/mol. The summed E-state index contributed by atoms with van der Waals surface area (Å²) in [6.07, 6.45) is 0. The second-order valence-electron chi connectivity index (χ2n) is 2.38. The quantitative estimate of drug-likeness (QED) is 0.649. The molecule has 0 aliphatic carbocycles. The molecule has 2 nitrogen and oxygen atoms in total. The molecule has 1 rings (SSSR count). The summed E-state index contributed by atoms with van der Waals surface area (Å²) in [7, 11) is 0. The maximum Gasteiger partial charge on any atom is 0.375 e. The Balaban J connectivity index is 2.79. The highest BCUT2D eigenvalue weighted by molar-refractivity contribution is 8.01. The van der Waals surface area contributed by atoms with Crippen LogP contribution in [0.5, 0.6) is 0 Å². The summed E-state index contributed by atoms with van der Waals surface area (Å²) < 4.78 is 21.2. The van der Waals surface area contributed by atoms with Crippen LogP contribution in [-0.2, 0) is 0 Å². The molecule has 1 aromatic rings. The summed E-state index contributed by atoms with van der Waals surface area (Å²) in [5, 5.41) is 8.53. The van der Waals surface area contributed by atoms with Crippen LogP contribution in [0.1, 0.15) is 10.4 Å². The van der Waals surface area contributed by atoms with E-state index in [-0.39, 0.29) is 22.2 Å². The van der Waals surface area contributed by atoms with Crippen molar-refractivity contribution in [2.75, 3.05) is 0 Å². The number of halogens is 3. The van der Waals surface area contributed by atoms with Gasteiger partial charge in [-0.2, -0.15) is 8.78 Å². The molecular formula is C8H5ClF2O2S. The molecule has 14 heavy (non-hydrogen) atoms. The van der Waals surface area contributed by atoms with Crippen molar-refractivity contribution in [3.05, 3.63) is 29.8 Å². The second-order valence-corrected chi connectivity index (χ2v) is 4.26. The van der Waals surface area contributed by atoms with Crippen molar-refractivity contribution >= 4 is 29.3 Å². The van der Waals surface area contributed by atoms with Gasteiger partial charge in [0.15, 0.2) is 0 Å². The molecule has 1 aromatic carbocycles. The minimum absolute atomic E-state index is 0.0484. The van der Waals surface area contributed by atoms with Crippen LogP contribution in [0.2, 0.25) is 0 Å². The van der Waals surface area contributed by atoms with Gasteiger partial charge in [0.2, 0.25) is 0 Å². The second kappa shape index (κ2) is 4.14. The molecule has 0 radical (unpaired) electrons. The van der Waals surface area contributed by atoms with Gasteiger partial charge in [-0.3, -0.25) is 0 Å². The molecule has 0 unspecified atom stereocenters. The Hall–Kier alpha value is -0.810. The fraction of sp³-hybridized carbons (Fsp3) is 0.125. The van der Waals surface area contributed by atoms with Crippen LogP contribution in [0.3, 0.4) is 0 Å². The maximum absolute atomic E-state index is 12.3. The zero-order chi connectivity index (χ0) is 10.8. The zero-order valence-corrected chi connectivity index (χ0v) is 8.28. The van der Waals surface area contributed by atoms with Crippen molar-refractivity contribution in [2.45, 2.75) is 9.61 Å². The Morgan fingerprint density at radius 1 is 1.36 bits per heavy atom. The SMILES string of the molecule is O=C(O)c1ccc(SC(F)(F)Cl)cc1. The Labute approximate surface area is 87.9 Å². The maximum atomic E-state index is 12.3. The van der Waals surface area contributed by atoms with E-state index in [1.165, 1.54) is 24.3 Å². The fourth-order valence-corrected chi connectivity index (χ4v) is 1.61. The first-order valence-electron chi connectivity index (χ1n) is 3.47. The summed E-state index contributed by atoms with van der Waals surface area (Å²) in [5.41, 5.74) is 0.0484. The first-order valence-corrected chi connectivity index (χ1v) is 4.67. The third kappa shape index (κ3) is 3.51. The van der Waals surface area contributed by atoms with Gasteiger partial charge >= 0.3 is 10.7 Å². The van der Waals surface area contributed by atoms with E-state index in [2.05, 4.69) is 11.6 Å². The molecule has 0 heterocycles. The highest BCUT2D eigenvalue weighted by atomic mass is 35.5. The van der Waals surface area contributed by atoms with Crippen molar-refractivity contribution in [1.82, 2.24) is 0 Å². The molecule has 0 bridgehead atoms. The molecule has 0 fully saturated rings. The standard InChI is InChI=1S/C8H5ClF2O2S/c9-8(10,11)14-6-3-1-5(2-4-6)7(12)13/h1-4H,(H,12,13). The lowest BCUT2D eigenvalue weighted by Gasteiger charge is -2.06. The number of aromatic carboxylic acids is 1. The van der Waals surface area contributed by atoms with Crippen LogP contribution in [-0.4, -0.2) is 15.8 Å². The molecule has 1 N–H and O–H groups in total. The monoisotopic (exact) mass is 238 g/mol. The lowest BCUT2D eigenvalue weighted by molar-refractivity contribution is 0.0697. The Kier molecular flexibility index (Phi) is 3.34. The van der Waals surface area contributed by atoms with Crippen LogP contribution in [0.15, 0.2) is 29.2 Å². The van der Waals surface area contributed by atoms with Crippen molar-refractivity contribution in [3.8, 4) is 0 Å². The van der Waals surface area contributed by atoms with Gasteiger partial charge < -0.3 is 5.11 Å². The van der Waals surface area contributed by atoms with E-state index in [4.69, 9.17) is 5.11 Å². The minimum Gasteiger partial charge on any atom is -0.478 e. The Morgan fingerprint density at radius 3 is 2.21 bits per heavy atom. The molecule has 76 valence electrons. The fourth-order valence-electron chi connectivity index (χ4n) is 0.799. The first-order chi connectivity index (χ1) is 6.38. The molecule has 0 saturated carbocycles. The lowest BCUT2D eigenvalue weighted by atomic mass is 10.2. The van der Waals surface area contributed by atoms with E-state index in [9.17, 15) is 13.6 Å². The van der Waals surface area contributed by atoms with Crippen LogP contribution in [0.4, 0.5) is 8.78 Å². The van der Waals surface area contributed by atoms with Gasteiger partial charge in [-0.25, -0.2) is 4.79 Å². The largest absolute Gasteiger partial charge is 0.478 e. The van der Waals surface area contributed by atoms with Crippen LogP contribution in [0.25, 0.3) is 0 Å². The zero-order valence-electron chi connectivity index (χ0n) is 6.71. The molecule has 0 aromatic heterocycles. The molecule has 0 saturated heterocycles. The number of hydrogen-bond donors (Lipinski definition) is 1. The molecule has 0 spiro atoms. The van der Waals surface area contributed by atoms with Crippen LogP contribution in [0, 0.1) is 0 Å². The van der Waals surface area contributed by atoms with Crippen LogP contribution < -0.4 is 0 Å². The summed E-state index contributed by atoms with van der Waals surface area (Å²) in [6, 6.07) is 5.05. The minimum atomic E-state index is -3.37. The van der Waals surface area contributed by atoms with E-state index in [1.54, 1.807) is 0 Å². The van der Waals surface area contributed by atoms with E-state index in [0.29, 0.717) is 0 Å². The van der Waals surface area contributed by atoms with Gasteiger partial charge in [-0.1, -0.05) is 0 Å². The summed E-state index contributed by atoms with van der Waals surface area (Å²) >= 11 is 4.84. The lowest BCUT2D eigenvalue weighted by Crippen LogP contribution is -1.98. The van der Waals surface area contributed by atoms with Gasteiger partial charge in [0.1, 0.15) is 0 Å². The molecular weight excluding hydrogens is 234 g/mol. The van der Waals surface area contributed by atoms with Gasteiger partial charge in [0.25, 0.3) is 0 Å². The highest BCUT2D eigenvalue weighted by Gasteiger charge is 2.26. The predicted octanol–water partition coefficient (Wildman–Crippen LogP) is 3.27. The normalized spacial score (nSPS) is 11.4. The third-order valence-electron chi connectivity index (χ3n) is 1.33. The number of carbonyl (C=O) groups is 1. The van der Waals surface area contributed by atoms with Gasteiger partial charge in [0.05, 0.1) is 5.56 Å². The molecule has 6 heteroatoms. The number of rotatable bonds is 3. The van der Waals surface area contributed by atoms with Crippen molar-refractivity contribution < 1.29 is 18.7 Å². The average Bonchev–Trinajstić information content (AvgIpc) is 2.02. The number of carboxylic acids is 1. The number of benzene rings is 1. The Morgan fingerprint density at radius 2 is 1.86 bits per heavy atom. The third-order valence-corrected chi connectivity index (χ3v) is 2.31. The van der Waals surface area contributed by atoms with Crippen molar-refractivity contribution in [2.24, 2.45) is 0 Å². The van der Waals surface area contributed by atoms with Gasteiger partial charge in [-0.05, 0) is 47.6 Å². The van der Waals surface area contributed by atoms with Crippen molar-refractivity contribution in [3.63, 3.8) is 0 Å². The van der Waals surface area contributed by atoms with E-state index in [1.807, 2.05) is 0 Å². The summed E-state index contributed by atoms with van der Waals surface area (Å²) in [4.78, 5) is 10.6. The highest BCUT2D eigenvalue weighted by Crippen LogP contribution is 2.38. The van der Waals surface area contributed by atoms with Crippen molar-refractivity contribution in [1.29, 1.82) is 0 Å². The number of carboxylic acid groups (broad SMARTS) is 1. The smallest absolute Gasteiger partial charge is 0.375 e. The molecule has 0 aliphatic heterocycles. The Bertz CT molecular complexity index is 334. The predicted molar refractivity (Wildman–Crippen MR) is 50.1 cm³/mol. The number of thioether (sulfide) groups is 1. The van der Waals surface area contributed by atoms with E-state index in [0.717, 1.165) is 0 Å². The van der Waals surface area contributed by atoms with Gasteiger partial charge in [0, 0.05) is 4.90 Å². The summed E-state index contributed by atoms with van der Waals surface area (Å²) in [5.74, 6) is -1.10. The van der Waals surface area contributed by atoms with E-state index < -0.39 is 10.7 Å². The topological polar surface area (TPSA) is 37.3 Å². The first kappa shape index (κ1) is 11.3. The number of alkyl halides is 3. The molecule has 0 atom stereocenters. The summed E-state index contributed by atoms with van der Waals surface area (Å²) in [6.45, 7) is 0. The van der Waals surface area contributed by atoms with Crippen LogP contribution >= 0.6 is 23.4 Å². The van der Waals surface area contributed by atoms with E-state index >= 15 is 0 Å². The van der Waals surface area contributed by atoms with Gasteiger partial charge in [-0.15, -0.1) is 0 Å². The molecule has 0 amide bonds.